The molecule has 1 N–H and O–H groups in total. The Morgan fingerprint density at radius 3 is 2.50 bits per heavy atom. The highest BCUT2D eigenvalue weighted by molar-refractivity contribution is 9.09. The van der Waals surface area contributed by atoms with E-state index in [0.29, 0.717) is 11.1 Å². The van der Waals surface area contributed by atoms with Gasteiger partial charge in [0.05, 0.1) is 10.9 Å². The quantitative estimate of drug-likeness (QED) is 0.597. The molecule has 0 aliphatic heterocycles. The molecular formula is C23H37BrO2. The van der Waals surface area contributed by atoms with E-state index in [1.807, 2.05) is 6.92 Å². The molecule has 0 radical (unpaired) electrons. The molecule has 4 aliphatic rings. The molecule has 3 heteroatoms. The van der Waals surface area contributed by atoms with Crippen molar-refractivity contribution in [1.82, 2.24) is 0 Å². The SMILES string of the molecule is CCC1C[C@H](C(=O)CBr)[C@@]2(C)CC[C@H]3[C@@H](CC[C@@H]4C[C@](C)(O)CC[C@@H]43)[C@H]12. The second kappa shape index (κ2) is 6.87. The van der Waals surface area contributed by atoms with E-state index in [-0.39, 0.29) is 11.3 Å². The average molecular weight is 425 g/mol. The third-order valence-corrected chi connectivity index (χ3v) is 9.97. The number of aliphatic hydroxyl groups is 1. The van der Waals surface area contributed by atoms with Gasteiger partial charge in [0.25, 0.3) is 0 Å². The summed E-state index contributed by atoms with van der Waals surface area (Å²) in [4.78, 5) is 12.7. The zero-order valence-corrected chi connectivity index (χ0v) is 18.4. The number of halogens is 1. The van der Waals surface area contributed by atoms with Gasteiger partial charge in [0.1, 0.15) is 5.78 Å². The first-order valence-corrected chi connectivity index (χ1v) is 12.2. The van der Waals surface area contributed by atoms with Crippen LogP contribution in [-0.2, 0) is 4.79 Å². The predicted octanol–water partition coefficient (Wildman–Crippen LogP) is 5.61. The Morgan fingerprint density at radius 1 is 1.08 bits per heavy atom. The lowest BCUT2D eigenvalue weighted by Gasteiger charge is -2.57. The minimum atomic E-state index is -0.427. The van der Waals surface area contributed by atoms with Gasteiger partial charge in [-0.2, -0.15) is 0 Å². The van der Waals surface area contributed by atoms with E-state index in [2.05, 4.69) is 29.8 Å². The zero-order valence-electron chi connectivity index (χ0n) is 16.8. The van der Waals surface area contributed by atoms with Crippen molar-refractivity contribution in [3.63, 3.8) is 0 Å². The molecule has 4 aliphatic carbocycles. The van der Waals surface area contributed by atoms with Crippen LogP contribution < -0.4 is 0 Å². The van der Waals surface area contributed by atoms with Crippen LogP contribution in [0.5, 0.6) is 0 Å². The van der Waals surface area contributed by atoms with Crippen molar-refractivity contribution >= 4 is 21.7 Å². The molecule has 0 saturated heterocycles. The Labute approximate surface area is 168 Å². The monoisotopic (exact) mass is 424 g/mol. The number of ketones is 1. The molecule has 4 saturated carbocycles. The number of carbonyl (C=O) groups excluding carboxylic acids is 1. The molecule has 1 unspecified atom stereocenters. The molecule has 0 aromatic carbocycles. The minimum Gasteiger partial charge on any atom is -0.390 e. The molecule has 9 atom stereocenters. The normalized spacial score (nSPS) is 53.5. The van der Waals surface area contributed by atoms with Crippen molar-refractivity contribution in [3.05, 3.63) is 0 Å². The van der Waals surface area contributed by atoms with Crippen LogP contribution in [0.15, 0.2) is 0 Å². The smallest absolute Gasteiger partial charge is 0.147 e. The van der Waals surface area contributed by atoms with Crippen LogP contribution in [0.1, 0.15) is 78.6 Å². The first-order valence-electron chi connectivity index (χ1n) is 11.1. The van der Waals surface area contributed by atoms with Crippen LogP contribution >= 0.6 is 15.9 Å². The summed E-state index contributed by atoms with van der Waals surface area (Å²) in [5.74, 6) is 5.49. The lowest BCUT2D eigenvalue weighted by Crippen LogP contribution is -2.52. The van der Waals surface area contributed by atoms with E-state index < -0.39 is 5.60 Å². The van der Waals surface area contributed by atoms with E-state index in [9.17, 15) is 9.90 Å². The summed E-state index contributed by atoms with van der Waals surface area (Å²) < 4.78 is 0. The molecule has 0 heterocycles. The van der Waals surface area contributed by atoms with Crippen LogP contribution in [0, 0.1) is 46.8 Å². The van der Waals surface area contributed by atoms with Crippen LogP contribution in [0.2, 0.25) is 0 Å². The molecular weight excluding hydrogens is 388 g/mol. The van der Waals surface area contributed by atoms with Gasteiger partial charge in [-0.05, 0) is 99.2 Å². The summed E-state index contributed by atoms with van der Waals surface area (Å²) in [5.41, 5.74) is -0.191. The average Bonchev–Trinajstić information content (AvgIpc) is 2.92. The molecule has 0 amide bonds. The zero-order chi connectivity index (χ0) is 18.7. The second-order valence-corrected chi connectivity index (χ2v) is 11.3. The van der Waals surface area contributed by atoms with Crippen molar-refractivity contribution in [2.45, 2.75) is 84.2 Å². The van der Waals surface area contributed by atoms with Gasteiger partial charge in [-0.1, -0.05) is 36.2 Å². The van der Waals surface area contributed by atoms with E-state index in [0.717, 1.165) is 54.8 Å². The largest absolute Gasteiger partial charge is 0.390 e. The lowest BCUT2D eigenvalue weighted by atomic mass is 9.48. The van der Waals surface area contributed by atoms with Gasteiger partial charge in [0.2, 0.25) is 0 Å². The van der Waals surface area contributed by atoms with Crippen LogP contribution in [0.25, 0.3) is 0 Å². The fourth-order valence-corrected chi connectivity index (χ4v) is 8.77. The highest BCUT2D eigenvalue weighted by Crippen LogP contribution is 2.66. The van der Waals surface area contributed by atoms with Crippen LogP contribution in [0.3, 0.4) is 0 Å². The Balaban J connectivity index is 1.60. The van der Waals surface area contributed by atoms with Crippen LogP contribution in [-0.4, -0.2) is 21.8 Å². The van der Waals surface area contributed by atoms with Crippen molar-refractivity contribution < 1.29 is 9.90 Å². The minimum absolute atomic E-state index is 0.236. The Hall–Kier alpha value is 0.110. The maximum Gasteiger partial charge on any atom is 0.147 e. The Kier molecular flexibility index (Phi) is 5.13. The number of Topliss-reactive ketones (excluding diaryl/α,β-unsaturated/α-hetero) is 1. The van der Waals surface area contributed by atoms with Gasteiger partial charge >= 0.3 is 0 Å². The van der Waals surface area contributed by atoms with Crippen molar-refractivity contribution in [2.24, 2.45) is 46.8 Å². The topological polar surface area (TPSA) is 37.3 Å². The molecule has 0 aromatic heterocycles. The summed E-state index contributed by atoms with van der Waals surface area (Å²) in [7, 11) is 0. The summed E-state index contributed by atoms with van der Waals surface area (Å²) >= 11 is 3.46. The van der Waals surface area contributed by atoms with E-state index in [1.54, 1.807) is 0 Å². The first-order chi connectivity index (χ1) is 12.3. The van der Waals surface area contributed by atoms with Gasteiger partial charge in [0, 0.05) is 5.92 Å². The number of carbonyl (C=O) groups is 1. The van der Waals surface area contributed by atoms with E-state index in [4.69, 9.17) is 0 Å². The molecule has 0 bridgehead atoms. The van der Waals surface area contributed by atoms with E-state index in [1.165, 1.54) is 38.5 Å². The molecule has 2 nitrogen and oxygen atoms in total. The molecule has 4 rings (SSSR count). The molecule has 0 spiro atoms. The summed E-state index contributed by atoms with van der Waals surface area (Å²) in [6.45, 7) is 6.86. The molecule has 0 aromatic rings. The number of rotatable bonds is 3. The summed E-state index contributed by atoms with van der Waals surface area (Å²) in [6.07, 6.45) is 10.8. The van der Waals surface area contributed by atoms with Crippen molar-refractivity contribution in [2.75, 3.05) is 5.33 Å². The van der Waals surface area contributed by atoms with Crippen molar-refractivity contribution in [3.8, 4) is 0 Å². The maximum absolute atomic E-state index is 12.7. The maximum atomic E-state index is 12.7. The van der Waals surface area contributed by atoms with Gasteiger partial charge < -0.3 is 5.11 Å². The first kappa shape index (κ1) is 19.4. The standard InChI is InChI=1S/C23H37BrO2/c1-4-14-11-19(20(25)13-24)23(3)10-8-17-16-7-9-22(2,26)12-15(16)5-6-18(17)21(14)23/h14-19,21,26H,4-13H2,1-3H3/t14?,15-,16+,17-,18-,19-,21+,22-,23-/m1/s1. The highest BCUT2D eigenvalue weighted by Gasteiger charge is 2.61. The van der Waals surface area contributed by atoms with Gasteiger partial charge in [-0.3, -0.25) is 4.79 Å². The number of hydrogen-bond donors (Lipinski definition) is 1. The van der Waals surface area contributed by atoms with E-state index >= 15 is 0 Å². The van der Waals surface area contributed by atoms with Gasteiger partial charge in [-0.15, -0.1) is 0 Å². The molecule has 148 valence electrons. The Morgan fingerprint density at radius 2 is 1.81 bits per heavy atom. The fraction of sp³-hybridized carbons (Fsp3) is 0.957. The molecule has 26 heavy (non-hydrogen) atoms. The molecule has 4 fully saturated rings. The number of hydrogen-bond acceptors (Lipinski definition) is 2. The highest BCUT2D eigenvalue weighted by atomic mass is 79.9. The third kappa shape index (κ3) is 2.95. The number of alkyl halides is 1. The summed E-state index contributed by atoms with van der Waals surface area (Å²) in [6, 6.07) is 0. The van der Waals surface area contributed by atoms with Gasteiger partial charge in [0.15, 0.2) is 0 Å². The summed E-state index contributed by atoms with van der Waals surface area (Å²) in [5, 5.41) is 11.1. The van der Waals surface area contributed by atoms with Crippen molar-refractivity contribution in [1.29, 1.82) is 0 Å². The Bertz CT molecular complexity index is 558. The van der Waals surface area contributed by atoms with Crippen LogP contribution in [0.4, 0.5) is 0 Å². The second-order valence-electron chi connectivity index (χ2n) is 10.7. The number of fused-ring (bicyclic) bond motifs is 5. The third-order valence-electron chi connectivity index (χ3n) is 9.42. The fourth-order valence-electron chi connectivity index (χ4n) is 8.38. The predicted molar refractivity (Wildman–Crippen MR) is 109 cm³/mol. The lowest BCUT2D eigenvalue weighted by molar-refractivity contribution is -0.130. The van der Waals surface area contributed by atoms with Gasteiger partial charge in [-0.25, -0.2) is 0 Å².